The number of rotatable bonds is 5. The predicted molar refractivity (Wildman–Crippen MR) is 51.7 cm³/mol. The van der Waals surface area contributed by atoms with Crippen LogP contribution >= 0.6 is 0 Å². The summed E-state index contributed by atoms with van der Waals surface area (Å²) in [5.74, 6) is -1.03. The van der Waals surface area contributed by atoms with Gasteiger partial charge in [-0.25, -0.2) is 4.79 Å². The second-order valence-corrected chi connectivity index (χ2v) is 5.16. The van der Waals surface area contributed by atoms with Gasteiger partial charge in [0.15, 0.2) is 0 Å². The van der Waals surface area contributed by atoms with Crippen molar-refractivity contribution in [1.82, 2.24) is 0 Å². The molecular weight excluding hydrogens is 204 g/mol. The van der Waals surface area contributed by atoms with Crippen LogP contribution in [0.15, 0.2) is 17.0 Å². The van der Waals surface area contributed by atoms with Gasteiger partial charge in [-0.3, -0.25) is 0 Å². The van der Waals surface area contributed by atoms with E-state index in [4.69, 9.17) is 18.4 Å². The van der Waals surface area contributed by atoms with E-state index in [0.717, 1.165) is 0 Å². The Morgan fingerprint density at radius 1 is 1.29 bits per heavy atom. The van der Waals surface area contributed by atoms with Crippen molar-refractivity contribution in [3.8, 4) is 0 Å². The molecule has 0 spiro atoms. The molecule has 0 fully saturated rings. The summed E-state index contributed by atoms with van der Waals surface area (Å²) in [5.41, 5.74) is 4.03. The fourth-order valence-electron chi connectivity index (χ4n) is 0.685. The molecule has 0 atom stereocenters. The van der Waals surface area contributed by atoms with E-state index in [1.165, 1.54) is 34.0 Å². The van der Waals surface area contributed by atoms with Crippen LogP contribution < -0.4 is 0 Å². The molecule has 0 saturated carbocycles. The standard InChI is InChI=1S/C8H14O5Si/c1-7(8(9)10)5-6-14(11-2,12-3)13-4/h6H,1-4H3,(H,9,10). The van der Waals surface area contributed by atoms with Gasteiger partial charge in [0, 0.05) is 27.0 Å². The lowest BCUT2D eigenvalue weighted by atomic mass is 10.3. The van der Waals surface area contributed by atoms with Crippen molar-refractivity contribution in [3.63, 3.8) is 0 Å². The van der Waals surface area contributed by atoms with E-state index in [2.05, 4.69) is 5.73 Å². The summed E-state index contributed by atoms with van der Waals surface area (Å²) in [6.07, 6.45) is 0. The van der Waals surface area contributed by atoms with E-state index >= 15 is 0 Å². The molecule has 0 saturated heterocycles. The Kier molecular flexibility index (Phi) is 5.37. The molecule has 6 heteroatoms. The number of hydrogen-bond donors (Lipinski definition) is 1. The summed E-state index contributed by atoms with van der Waals surface area (Å²) in [4.78, 5) is 10.5. The second-order valence-electron chi connectivity index (χ2n) is 2.43. The third-order valence-electron chi connectivity index (χ3n) is 1.64. The van der Waals surface area contributed by atoms with Crippen molar-refractivity contribution in [2.45, 2.75) is 6.92 Å². The maximum Gasteiger partial charge on any atom is 0.536 e. The molecule has 0 unspecified atom stereocenters. The molecule has 0 aliphatic rings. The largest absolute Gasteiger partial charge is 0.536 e. The van der Waals surface area contributed by atoms with Crippen molar-refractivity contribution in [1.29, 1.82) is 0 Å². The number of hydrogen-bond acceptors (Lipinski definition) is 4. The summed E-state index contributed by atoms with van der Waals surface area (Å²) in [6.45, 7) is 1.43. The molecule has 0 aliphatic heterocycles. The first kappa shape index (κ1) is 13.1. The highest BCUT2D eigenvalue weighted by atomic mass is 28.4. The highest BCUT2D eigenvalue weighted by Crippen LogP contribution is 2.07. The minimum absolute atomic E-state index is 0.0769. The van der Waals surface area contributed by atoms with Crippen LogP contribution in [-0.2, 0) is 18.1 Å². The fourth-order valence-corrected chi connectivity index (χ4v) is 1.93. The van der Waals surface area contributed by atoms with E-state index in [-0.39, 0.29) is 5.57 Å². The van der Waals surface area contributed by atoms with Crippen LogP contribution in [0.5, 0.6) is 0 Å². The van der Waals surface area contributed by atoms with Gasteiger partial charge >= 0.3 is 14.8 Å². The first-order valence-electron chi connectivity index (χ1n) is 3.84. The number of carboxylic acid groups (broad SMARTS) is 1. The van der Waals surface area contributed by atoms with Gasteiger partial charge in [0.2, 0.25) is 0 Å². The van der Waals surface area contributed by atoms with Crippen LogP contribution in [0, 0.1) is 0 Å². The maximum absolute atomic E-state index is 10.5. The highest BCUT2D eigenvalue weighted by Gasteiger charge is 2.34. The SMILES string of the molecule is CO[Si](C=C=C(C)C(=O)O)(OC)OC. The van der Waals surface area contributed by atoms with Gasteiger partial charge in [0.1, 0.15) is 0 Å². The normalized spacial score (nSPS) is 10.6. The molecule has 0 radical (unpaired) electrons. The molecule has 14 heavy (non-hydrogen) atoms. The Hall–Kier alpha value is -0.913. The Morgan fingerprint density at radius 2 is 1.71 bits per heavy atom. The van der Waals surface area contributed by atoms with Crippen LogP contribution in [0.4, 0.5) is 0 Å². The summed E-state index contributed by atoms with van der Waals surface area (Å²) < 4.78 is 15.1. The van der Waals surface area contributed by atoms with Crippen LogP contribution in [-0.4, -0.2) is 41.2 Å². The topological polar surface area (TPSA) is 65.0 Å². The fraction of sp³-hybridized carbons (Fsp3) is 0.500. The predicted octanol–water partition coefficient (Wildman–Crippen LogP) is 0.590. The molecular formula is C8H14O5Si. The first-order valence-corrected chi connectivity index (χ1v) is 5.64. The summed E-state index contributed by atoms with van der Waals surface area (Å²) in [7, 11) is 1.47. The van der Waals surface area contributed by atoms with Crippen LogP contribution in [0.3, 0.4) is 0 Å². The summed E-state index contributed by atoms with van der Waals surface area (Å²) >= 11 is 0. The van der Waals surface area contributed by atoms with Crippen molar-refractivity contribution in [2.24, 2.45) is 0 Å². The highest BCUT2D eigenvalue weighted by molar-refractivity contribution is 6.66. The molecule has 0 bridgehead atoms. The Balaban J connectivity index is 4.92. The van der Waals surface area contributed by atoms with Gasteiger partial charge in [-0.2, -0.15) is 0 Å². The Labute approximate surface area is 84.0 Å². The monoisotopic (exact) mass is 218 g/mol. The van der Waals surface area contributed by atoms with Crippen LogP contribution in [0.2, 0.25) is 0 Å². The van der Waals surface area contributed by atoms with Crippen molar-refractivity contribution >= 4 is 14.8 Å². The lowest BCUT2D eigenvalue weighted by Crippen LogP contribution is -2.40. The quantitative estimate of drug-likeness (QED) is 0.415. The molecule has 0 aliphatic carbocycles. The molecule has 5 nitrogen and oxygen atoms in total. The van der Waals surface area contributed by atoms with E-state index in [1.807, 2.05) is 0 Å². The molecule has 0 rings (SSSR count). The zero-order valence-electron chi connectivity index (χ0n) is 8.66. The van der Waals surface area contributed by atoms with Crippen molar-refractivity contribution in [3.05, 3.63) is 17.0 Å². The smallest absolute Gasteiger partial charge is 0.477 e. The summed E-state index contributed by atoms with van der Waals surface area (Å²) in [5, 5.41) is 8.57. The Bertz CT molecular complexity index is 255. The number of carbonyl (C=O) groups is 1. The lowest BCUT2D eigenvalue weighted by Gasteiger charge is -2.19. The minimum atomic E-state index is -2.85. The average Bonchev–Trinajstić information content (AvgIpc) is 2.20. The van der Waals surface area contributed by atoms with Gasteiger partial charge in [-0.05, 0) is 6.92 Å². The molecule has 0 aromatic rings. The van der Waals surface area contributed by atoms with Crippen molar-refractivity contribution in [2.75, 3.05) is 21.3 Å². The first-order chi connectivity index (χ1) is 6.51. The number of aliphatic carboxylic acids is 1. The van der Waals surface area contributed by atoms with Crippen molar-refractivity contribution < 1.29 is 23.2 Å². The molecule has 0 heterocycles. The minimum Gasteiger partial charge on any atom is -0.477 e. The third kappa shape index (κ3) is 3.45. The average molecular weight is 218 g/mol. The van der Waals surface area contributed by atoms with Gasteiger partial charge in [0.05, 0.1) is 5.57 Å². The van der Waals surface area contributed by atoms with Gasteiger partial charge in [0.25, 0.3) is 0 Å². The lowest BCUT2D eigenvalue weighted by molar-refractivity contribution is -0.132. The molecule has 1 N–H and O–H groups in total. The second kappa shape index (κ2) is 5.74. The van der Waals surface area contributed by atoms with E-state index in [0.29, 0.717) is 0 Å². The maximum atomic E-state index is 10.5. The van der Waals surface area contributed by atoms with Gasteiger partial charge in [-0.15, -0.1) is 5.73 Å². The zero-order chi connectivity index (χ0) is 11.2. The third-order valence-corrected chi connectivity index (χ3v) is 3.84. The molecule has 0 aromatic carbocycles. The van der Waals surface area contributed by atoms with E-state index < -0.39 is 14.8 Å². The van der Waals surface area contributed by atoms with E-state index in [9.17, 15) is 4.79 Å². The summed E-state index contributed by atoms with van der Waals surface area (Å²) in [6, 6.07) is 0. The van der Waals surface area contributed by atoms with E-state index in [1.54, 1.807) is 0 Å². The van der Waals surface area contributed by atoms with Crippen LogP contribution in [0.25, 0.3) is 0 Å². The number of carboxylic acids is 1. The molecule has 0 aromatic heterocycles. The zero-order valence-corrected chi connectivity index (χ0v) is 9.66. The van der Waals surface area contributed by atoms with Gasteiger partial charge < -0.3 is 18.4 Å². The molecule has 0 amide bonds. The van der Waals surface area contributed by atoms with Gasteiger partial charge in [-0.1, -0.05) is 0 Å². The van der Waals surface area contributed by atoms with Crippen LogP contribution in [0.1, 0.15) is 6.92 Å². The Morgan fingerprint density at radius 3 is 2.00 bits per heavy atom. The molecule has 80 valence electrons.